The Morgan fingerprint density at radius 1 is 1.13 bits per heavy atom. The predicted octanol–water partition coefficient (Wildman–Crippen LogP) is 4.45. The van der Waals surface area contributed by atoms with Gasteiger partial charge < -0.3 is 19.2 Å². The molecule has 0 radical (unpaired) electrons. The number of hydrogen-bond acceptors (Lipinski definition) is 6. The number of fused-ring (bicyclic) bond motifs is 1. The van der Waals surface area contributed by atoms with Gasteiger partial charge in [-0.15, -0.1) is 11.3 Å². The maximum atomic E-state index is 13.3. The number of amides is 1. The molecule has 1 amide bonds. The number of thiophene rings is 1. The third-order valence-electron chi connectivity index (χ3n) is 5.17. The van der Waals surface area contributed by atoms with Crippen LogP contribution in [-0.2, 0) is 11.4 Å². The molecule has 0 aliphatic carbocycles. The summed E-state index contributed by atoms with van der Waals surface area (Å²) in [4.78, 5) is 21.1. The van der Waals surface area contributed by atoms with Gasteiger partial charge in [0, 0.05) is 18.5 Å². The van der Waals surface area contributed by atoms with Crippen LogP contribution in [-0.4, -0.2) is 36.0 Å². The Bertz CT molecular complexity index is 1120. The topological polar surface area (TPSA) is 60.4 Å². The smallest absolute Gasteiger partial charge is 0.264 e. The third kappa shape index (κ3) is 4.25. The second-order valence-electron chi connectivity index (χ2n) is 7.33. The van der Waals surface area contributed by atoms with Crippen LogP contribution < -0.4 is 9.47 Å². The van der Waals surface area contributed by atoms with E-state index in [1.54, 1.807) is 23.1 Å². The zero-order valence-electron chi connectivity index (χ0n) is 16.5. The van der Waals surface area contributed by atoms with Crippen molar-refractivity contribution in [1.29, 1.82) is 0 Å². The first kappa shape index (κ1) is 19.6. The summed E-state index contributed by atoms with van der Waals surface area (Å²) in [6.45, 7) is 0.940. The van der Waals surface area contributed by atoms with Gasteiger partial charge in [0.2, 0.25) is 6.79 Å². The minimum Gasteiger partial charge on any atom is -0.454 e. The number of carbonyl (C=O) groups is 1. The van der Waals surface area contributed by atoms with E-state index in [1.807, 2.05) is 29.6 Å². The van der Waals surface area contributed by atoms with E-state index in [0.29, 0.717) is 35.9 Å². The number of benzene rings is 2. The standard InChI is InChI=1S/C23H19FN2O4S/c24-17-6-3-15(4-7-17)12-26(23(27)22-2-1-9-31-22)13-18-11-19(25-30-18)16-5-8-20-21(10-16)29-14-28-20/h1-10,18H,11-14H2. The zero-order valence-corrected chi connectivity index (χ0v) is 17.3. The Morgan fingerprint density at radius 3 is 2.77 bits per heavy atom. The normalized spacial score (nSPS) is 16.7. The van der Waals surface area contributed by atoms with Crippen LogP contribution in [0.1, 0.15) is 27.2 Å². The van der Waals surface area contributed by atoms with Crippen LogP contribution in [0.3, 0.4) is 0 Å². The van der Waals surface area contributed by atoms with Gasteiger partial charge in [-0.1, -0.05) is 23.4 Å². The van der Waals surface area contributed by atoms with Crippen molar-refractivity contribution >= 4 is 23.0 Å². The van der Waals surface area contributed by atoms with Crippen molar-refractivity contribution < 1.29 is 23.5 Å². The number of rotatable bonds is 6. The number of hydrogen-bond donors (Lipinski definition) is 0. The summed E-state index contributed by atoms with van der Waals surface area (Å²) in [6, 6.07) is 15.5. The molecule has 2 aliphatic rings. The van der Waals surface area contributed by atoms with Gasteiger partial charge in [-0.2, -0.15) is 0 Å². The molecule has 0 fully saturated rings. The predicted molar refractivity (Wildman–Crippen MR) is 114 cm³/mol. The maximum Gasteiger partial charge on any atom is 0.264 e. The molecule has 6 nitrogen and oxygen atoms in total. The van der Waals surface area contributed by atoms with Crippen molar-refractivity contribution in [3.63, 3.8) is 0 Å². The molecule has 1 aromatic heterocycles. The van der Waals surface area contributed by atoms with Crippen LogP contribution in [0.2, 0.25) is 0 Å². The van der Waals surface area contributed by atoms with E-state index >= 15 is 0 Å². The third-order valence-corrected chi connectivity index (χ3v) is 6.03. The first-order valence-electron chi connectivity index (χ1n) is 9.85. The molecule has 2 aromatic carbocycles. The van der Waals surface area contributed by atoms with E-state index in [9.17, 15) is 9.18 Å². The molecule has 158 valence electrons. The molecular formula is C23H19FN2O4S. The Kier molecular flexibility index (Phi) is 5.30. The molecule has 0 spiro atoms. The molecular weight excluding hydrogens is 419 g/mol. The second-order valence-corrected chi connectivity index (χ2v) is 8.27. The molecule has 0 bridgehead atoms. The van der Waals surface area contributed by atoms with Crippen molar-refractivity contribution in [2.45, 2.75) is 19.1 Å². The van der Waals surface area contributed by atoms with Crippen LogP contribution in [0.15, 0.2) is 65.1 Å². The Hall–Kier alpha value is -3.39. The van der Waals surface area contributed by atoms with Crippen molar-refractivity contribution in [2.75, 3.05) is 13.3 Å². The molecule has 3 heterocycles. The fraction of sp³-hybridized carbons (Fsp3) is 0.217. The quantitative estimate of drug-likeness (QED) is 0.571. The van der Waals surface area contributed by atoms with Crippen LogP contribution in [0.25, 0.3) is 0 Å². The van der Waals surface area contributed by atoms with Crippen LogP contribution in [0.5, 0.6) is 11.5 Å². The second kappa shape index (κ2) is 8.39. The monoisotopic (exact) mass is 438 g/mol. The largest absolute Gasteiger partial charge is 0.454 e. The molecule has 1 atom stereocenters. The zero-order chi connectivity index (χ0) is 21.2. The van der Waals surface area contributed by atoms with Crippen molar-refractivity contribution in [3.8, 4) is 11.5 Å². The Balaban J connectivity index is 1.30. The fourth-order valence-electron chi connectivity index (χ4n) is 3.60. The van der Waals surface area contributed by atoms with E-state index < -0.39 is 0 Å². The van der Waals surface area contributed by atoms with Crippen molar-refractivity contribution in [2.24, 2.45) is 5.16 Å². The summed E-state index contributed by atoms with van der Waals surface area (Å²) in [5, 5.41) is 6.11. The van der Waals surface area contributed by atoms with Crippen LogP contribution in [0.4, 0.5) is 4.39 Å². The van der Waals surface area contributed by atoms with E-state index in [1.165, 1.54) is 23.5 Å². The minimum absolute atomic E-state index is 0.0838. The lowest BCUT2D eigenvalue weighted by atomic mass is 10.0. The lowest BCUT2D eigenvalue weighted by molar-refractivity contribution is 0.0408. The van der Waals surface area contributed by atoms with Gasteiger partial charge in [-0.05, 0) is 47.3 Å². The number of oxime groups is 1. The van der Waals surface area contributed by atoms with E-state index in [2.05, 4.69) is 5.16 Å². The molecule has 0 N–H and O–H groups in total. The Morgan fingerprint density at radius 2 is 1.97 bits per heavy atom. The molecule has 0 saturated heterocycles. The van der Waals surface area contributed by atoms with Crippen LogP contribution in [0, 0.1) is 5.82 Å². The summed E-state index contributed by atoms with van der Waals surface area (Å²) in [6.07, 6.45) is 0.293. The molecule has 31 heavy (non-hydrogen) atoms. The van der Waals surface area contributed by atoms with Gasteiger partial charge >= 0.3 is 0 Å². The first-order valence-corrected chi connectivity index (χ1v) is 10.7. The number of halogens is 1. The van der Waals surface area contributed by atoms with Crippen LogP contribution >= 0.6 is 11.3 Å². The van der Waals surface area contributed by atoms with Gasteiger partial charge in [0.1, 0.15) is 5.82 Å². The lowest BCUT2D eigenvalue weighted by Gasteiger charge is -2.24. The number of nitrogens with zero attached hydrogens (tertiary/aromatic N) is 2. The summed E-state index contributed by atoms with van der Waals surface area (Å²) < 4.78 is 24.1. The fourth-order valence-corrected chi connectivity index (χ4v) is 4.29. The minimum atomic E-state index is -0.305. The average molecular weight is 438 g/mol. The number of ether oxygens (including phenoxy) is 2. The highest BCUT2D eigenvalue weighted by atomic mass is 32.1. The van der Waals surface area contributed by atoms with E-state index in [0.717, 1.165) is 16.8 Å². The SMILES string of the molecule is O=C(c1cccs1)N(Cc1ccc(F)cc1)CC1CC(c2ccc3c(c2)OCO3)=NO1. The summed E-state index contributed by atoms with van der Waals surface area (Å²) in [5.41, 5.74) is 2.55. The van der Waals surface area contributed by atoms with Crippen molar-refractivity contribution in [1.82, 2.24) is 4.90 Å². The highest BCUT2D eigenvalue weighted by molar-refractivity contribution is 7.12. The molecule has 3 aromatic rings. The molecule has 8 heteroatoms. The van der Waals surface area contributed by atoms with E-state index in [-0.39, 0.29) is 24.6 Å². The first-order chi connectivity index (χ1) is 15.2. The molecule has 0 saturated carbocycles. The Labute approximate surface area is 182 Å². The maximum absolute atomic E-state index is 13.3. The van der Waals surface area contributed by atoms with Gasteiger partial charge in [0.25, 0.3) is 5.91 Å². The highest BCUT2D eigenvalue weighted by Crippen LogP contribution is 2.33. The van der Waals surface area contributed by atoms with Gasteiger partial charge in [-0.3, -0.25) is 4.79 Å². The number of carbonyl (C=O) groups excluding carboxylic acids is 1. The lowest BCUT2D eigenvalue weighted by Crippen LogP contribution is -2.37. The van der Waals surface area contributed by atoms with E-state index in [4.69, 9.17) is 14.3 Å². The van der Waals surface area contributed by atoms with Gasteiger partial charge in [0.15, 0.2) is 17.6 Å². The van der Waals surface area contributed by atoms with Crippen molar-refractivity contribution in [3.05, 3.63) is 81.8 Å². The van der Waals surface area contributed by atoms with Gasteiger partial charge in [0.05, 0.1) is 17.1 Å². The highest BCUT2D eigenvalue weighted by Gasteiger charge is 2.28. The average Bonchev–Trinajstić information content (AvgIpc) is 3.55. The summed E-state index contributed by atoms with van der Waals surface area (Å²) in [5.74, 6) is 1.02. The molecule has 5 rings (SSSR count). The summed E-state index contributed by atoms with van der Waals surface area (Å²) >= 11 is 1.39. The molecule has 2 aliphatic heterocycles. The molecule has 1 unspecified atom stereocenters. The summed E-state index contributed by atoms with van der Waals surface area (Å²) in [7, 11) is 0. The van der Waals surface area contributed by atoms with Gasteiger partial charge in [-0.25, -0.2) is 4.39 Å².